The molecule has 38 heavy (non-hydrogen) atoms. The molecular weight excluding hydrogens is 572 g/mol. The first-order valence-corrected chi connectivity index (χ1v) is 15.7. The van der Waals surface area contributed by atoms with Crippen LogP contribution in [0.5, 0.6) is 5.75 Å². The Labute approximate surface area is 228 Å². The van der Waals surface area contributed by atoms with E-state index in [4.69, 9.17) is 16.3 Å². The lowest BCUT2D eigenvalue weighted by Gasteiger charge is -2.19. The van der Waals surface area contributed by atoms with Crippen LogP contribution in [0.1, 0.15) is 5.01 Å². The summed E-state index contributed by atoms with van der Waals surface area (Å²) in [5.74, 6) is -0.562. The zero-order valence-corrected chi connectivity index (χ0v) is 22.8. The van der Waals surface area contributed by atoms with Crippen molar-refractivity contribution in [3.8, 4) is 16.9 Å². The Morgan fingerprint density at radius 1 is 0.921 bits per heavy atom. The molecule has 0 amide bonds. The van der Waals surface area contributed by atoms with Gasteiger partial charge in [-0.25, -0.2) is 16.8 Å². The molecule has 3 aromatic carbocycles. The van der Waals surface area contributed by atoms with Crippen LogP contribution < -0.4 is 14.2 Å². The van der Waals surface area contributed by atoms with Gasteiger partial charge in [0, 0.05) is 17.6 Å². The second kappa shape index (κ2) is 10.3. The van der Waals surface area contributed by atoms with Crippen molar-refractivity contribution in [3.63, 3.8) is 0 Å². The van der Waals surface area contributed by atoms with E-state index in [1.165, 1.54) is 11.3 Å². The Kier molecular flexibility index (Phi) is 7.20. The quantitative estimate of drug-likeness (QED) is 0.223. The minimum atomic E-state index is -4.52. The lowest BCUT2D eigenvalue weighted by Crippen LogP contribution is -2.39. The number of hydrogen-bond acceptors (Lipinski definition) is 9. The molecule has 4 aromatic rings. The molecule has 2 heterocycles. The standard InChI is InChI=1S/C25H21ClN2O7S3/c26-19-7-9-23-21(15-19)28(11-13-38(32,33)34)25(36-23)16-24-27(10-12-37(29,30)31)20-14-18(6-8-22(20)35-24)17-4-2-1-3-5-17/h1-9,14-16H,10-13H2,(H-,29,30,31,32,33,34)/p-1. The largest absolute Gasteiger partial charge is 0.748 e. The highest BCUT2D eigenvalue weighted by Gasteiger charge is 2.30. The normalized spacial score (nSPS) is 14.7. The van der Waals surface area contributed by atoms with Gasteiger partial charge in [-0.2, -0.15) is 4.57 Å². The number of halogens is 1. The van der Waals surface area contributed by atoms with Gasteiger partial charge in [0.05, 0.1) is 33.4 Å². The summed E-state index contributed by atoms with van der Waals surface area (Å²) in [5, 5.41) is 0.987. The predicted molar refractivity (Wildman–Crippen MR) is 144 cm³/mol. The number of hydrogen-bond donors (Lipinski definition) is 0. The van der Waals surface area contributed by atoms with Gasteiger partial charge in [-0.3, -0.25) is 0 Å². The van der Waals surface area contributed by atoms with Crippen molar-refractivity contribution in [2.45, 2.75) is 6.54 Å². The Balaban J connectivity index is 1.60. The van der Waals surface area contributed by atoms with E-state index in [0.29, 0.717) is 27.0 Å². The predicted octanol–water partition coefficient (Wildman–Crippen LogP) is 3.80. The lowest BCUT2D eigenvalue weighted by atomic mass is 10.0. The van der Waals surface area contributed by atoms with E-state index in [2.05, 4.69) is 0 Å². The molecule has 198 valence electrons. The molecule has 0 saturated heterocycles. The topological polar surface area (TPSA) is 131 Å². The van der Waals surface area contributed by atoms with Crippen molar-refractivity contribution >= 4 is 65.2 Å². The van der Waals surface area contributed by atoms with Gasteiger partial charge in [-0.1, -0.05) is 59.3 Å². The van der Waals surface area contributed by atoms with Crippen molar-refractivity contribution in [1.82, 2.24) is 0 Å². The number of ether oxygens (including phenoxy) is 1. The summed E-state index contributed by atoms with van der Waals surface area (Å²) in [5.41, 5.74) is 3.03. The average Bonchev–Trinajstić information content (AvgIpc) is 3.37. The number of aryl methyl sites for hydroxylation is 1. The fraction of sp³-hybridized carbons (Fsp3) is 0.160. The molecule has 0 atom stereocenters. The van der Waals surface area contributed by atoms with E-state index in [1.807, 2.05) is 42.5 Å². The minimum Gasteiger partial charge on any atom is -0.748 e. The van der Waals surface area contributed by atoms with Crippen molar-refractivity contribution in [2.24, 2.45) is 0 Å². The van der Waals surface area contributed by atoms with Crippen LogP contribution in [-0.2, 0) is 26.8 Å². The third kappa shape index (κ3) is 6.01. The highest BCUT2D eigenvalue weighted by atomic mass is 35.5. The van der Waals surface area contributed by atoms with Crippen LogP contribution in [0.2, 0.25) is 5.02 Å². The zero-order chi connectivity index (χ0) is 27.1. The van der Waals surface area contributed by atoms with Crippen molar-refractivity contribution in [2.75, 3.05) is 23.0 Å². The van der Waals surface area contributed by atoms with E-state index in [9.17, 15) is 25.9 Å². The molecule has 0 saturated carbocycles. The molecule has 0 N–H and O–H groups in total. The van der Waals surface area contributed by atoms with Gasteiger partial charge < -0.3 is 18.7 Å². The summed E-state index contributed by atoms with van der Waals surface area (Å²) in [6.07, 6.45) is 1.63. The second-order valence-corrected chi connectivity index (χ2v) is 13.1. The maximum absolute atomic E-state index is 11.5. The molecule has 0 bridgehead atoms. The third-order valence-electron chi connectivity index (χ3n) is 5.91. The highest BCUT2D eigenvalue weighted by Crippen LogP contribution is 2.42. The number of rotatable bonds is 8. The van der Waals surface area contributed by atoms with Crippen LogP contribution in [0, 0.1) is 0 Å². The molecule has 9 nitrogen and oxygen atoms in total. The Morgan fingerprint density at radius 2 is 1.66 bits per heavy atom. The van der Waals surface area contributed by atoms with Gasteiger partial charge in [-0.05, 0) is 35.4 Å². The van der Waals surface area contributed by atoms with Gasteiger partial charge in [0.25, 0.3) is 5.01 Å². The summed E-state index contributed by atoms with van der Waals surface area (Å²) < 4.78 is 77.2. The summed E-state index contributed by atoms with van der Waals surface area (Å²) >= 11 is 7.49. The molecule has 5 rings (SSSR count). The Hall–Kier alpha value is -3.00. The lowest BCUT2D eigenvalue weighted by molar-refractivity contribution is -0.664. The summed E-state index contributed by atoms with van der Waals surface area (Å²) in [7, 11) is -9.02. The molecule has 0 aliphatic carbocycles. The fourth-order valence-corrected chi connectivity index (χ4v) is 6.25. The fourth-order valence-electron chi connectivity index (χ4n) is 4.17. The first kappa shape index (κ1) is 26.6. The van der Waals surface area contributed by atoms with Crippen molar-refractivity contribution < 1.29 is 35.2 Å². The zero-order valence-electron chi connectivity index (χ0n) is 19.6. The number of fused-ring (bicyclic) bond motifs is 2. The SMILES string of the molecule is O=S(=O)([O-])CCN1/C(=C/c2sc3ccc(Cl)cc3[n+]2CCS(=O)(=O)[O-])Oc2ccc(-c3ccccc3)cc21. The number of anilines is 1. The summed E-state index contributed by atoms with van der Waals surface area (Å²) in [6.45, 7) is -0.278. The van der Waals surface area contributed by atoms with E-state index in [1.54, 1.807) is 39.8 Å². The molecule has 1 aliphatic heterocycles. The second-order valence-electron chi connectivity index (χ2n) is 8.51. The van der Waals surface area contributed by atoms with Crippen LogP contribution in [0.3, 0.4) is 0 Å². The maximum Gasteiger partial charge on any atom is 0.268 e. The van der Waals surface area contributed by atoms with Crippen LogP contribution in [0.15, 0.2) is 72.6 Å². The van der Waals surface area contributed by atoms with Crippen LogP contribution in [0.4, 0.5) is 5.69 Å². The van der Waals surface area contributed by atoms with Crippen LogP contribution in [0.25, 0.3) is 27.4 Å². The Morgan fingerprint density at radius 3 is 2.37 bits per heavy atom. The van der Waals surface area contributed by atoms with E-state index >= 15 is 0 Å². The van der Waals surface area contributed by atoms with Gasteiger partial charge in [-0.15, -0.1) is 0 Å². The molecule has 0 radical (unpaired) electrons. The molecule has 0 fully saturated rings. The third-order valence-corrected chi connectivity index (χ3v) is 8.62. The minimum absolute atomic E-state index is 0.120. The maximum atomic E-state index is 11.5. The number of nitrogens with zero attached hydrogens (tertiary/aromatic N) is 2. The molecule has 1 aromatic heterocycles. The van der Waals surface area contributed by atoms with Crippen molar-refractivity contribution in [3.05, 3.63) is 82.6 Å². The monoisotopic (exact) mass is 591 g/mol. The Bertz CT molecular complexity index is 1770. The van der Waals surface area contributed by atoms with Gasteiger partial charge in [0.15, 0.2) is 12.3 Å². The first-order valence-electron chi connectivity index (χ1n) is 11.3. The van der Waals surface area contributed by atoms with Crippen molar-refractivity contribution in [1.29, 1.82) is 0 Å². The van der Waals surface area contributed by atoms with Crippen LogP contribution >= 0.6 is 22.9 Å². The van der Waals surface area contributed by atoms with Crippen LogP contribution in [-0.4, -0.2) is 44.0 Å². The molecule has 0 unspecified atom stereocenters. The number of aromatic nitrogens is 1. The molecular formula is C25H20ClN2O7S3-. The first-order chi connectivity index (χ1) is 18.0. The smallest absolute Gasteiger partial charge is 0.268 e. The number of thiazole rings is 1. The summed E-state index contributed by atoms with van der Waals surface area (Å²) in [4.78, 5) is 1.60. The molecule has 0 spiro atoms. The molecule has 1 aliphatic rings. The van der Waals surface area contributed by atoms with Gasteiger partial charge in [0.1, 0.15) is 14.8 Å². The summed E-state index contributed by atoms with van der Waals surface area (Å²) in [6, 6.07) is 20.2. The number of benzene rings is 3. The average molecular weight is 592 g/mol. The molecule has 13 heteroatoms. The van der Waals surface area contributed by atoms with E-state index in [0.717, 1.165) is 15.8 Å². The highest BCUT2D eigenvalue weighted by molar-refractivity contribution is 7.85. The van der Waals surface area contributed by atoms with E-state index < -0.39 is 31.7 Å². The van der Waals surface area contributed by atoms with Gasteiger partial charge >= 0.3 is 0 Å². The van der Waals surface area contributed by atoms with E-state index in [-0.39, 0.29) is 19.0 Å². The van der Waals surface area contributed by atoms with Gasteiger partial charge in [0.2, 0.25) is 11.4 Å².